The monoisotopic (exact) mass is 1130 g/mol. The second-order valence-corrected chi connectivity index (χ2v) is 22.1. The summed E-state index contributed by atoms with van der Waals surface area (Å²) in [6, 6.07) is 22.3. The van der Waals surface area contributed by atoms with E-state index in [9.17, 15) is 9.59 Å². The lowest BCUT2D eigenvalue weighted by Crippen LogP contribution is -2.31. The number of para-hydroxylation sites is 2. The van der Waals surface area contributed by atoms with Gasteiger partial charge in [0.15, 0.2) is 0 Å². The van der Waals surface area contributed by atoms with Crippen LogP contribution >= 0.6 is 0 Å². The maximum atomic E-state index is 14.2. The number of ether oxygens (including phenoxy) is 2. The first-order chi connectivity index (χ1) is 40.6. The van der Waals surface area contributed by atoms with Crippen molar-refractivity contribution in [1.82, 2.24) is 54.0 Å². The molecule has 5 aromatic heterocycles. The summed E-state index contributed by atoms with van der Waals surface area (Å²) in [5, 5.41) is 19.3. The Balaban J connectivity index is 0.860. The average Bonchev–Trinajstić information content (AvgIpc) is 3.16. The Morgan fingerprint density at radius 2 is 1.29 bits per heavy atom. The summed E-state index contributed by atoms with van der Waals surface area (Å²) in [5.74, 6) is 0.566. The van der Waals surface area contributed by atoms with Crippen LogP contribution in [0.4, 0.5) is 40.3 Å². The Kier molecular flexibility index (Phi) is 16.2. The first-order valence-electron chi connectivity index (χ1n) is 28.2. The summed E-state index contributed by atoms with van der Waals surface area (Å²) < 4.78 is 18.4. The minimum Gasteiger partial charge on any atom is -0.494 e. The van der Waals surface area contributed by atoms with Crippen LogP contribution in [-0.2, 0) is 42.6 Å². The molecule has 0 saturated carbocycles. The van der Waals surface area contributed by atoms with Gasteiger partial charge in [0.1, 0.15) is 11.5 Å². The molecule has 2 aliphatic heterocycles. The largest absolute Gasteiger partial charge is 0.494 e. The Bertz CT molecular complexity index is 4000. The van der Waals surface area contributed by atoms with Crippen LogP contribution in [0.5, 0.6) is 11.5 Å². The number of carbonyl (C=O) groups excluding carboxylic acids is 2. The Hall–Kier alpha value is -9.53. The number of nitrogens with one attached hydrogen (secondary N) is 4. The molecule has 9 aromatic rings. The molecule has 7 heterocycles. The molecule has 432 valence electrons. The maximum absolute atomic E-state index is 14.2. The minimum absolute atomic E-state index is 0.164. The van der Waals surface area contributed by atoms with Crippen LogP contribution in [0.25, 0.3) is 61.5 Å². The molecular weight excluding hydrogens is 1060 g/mol. The molecule has 0 spiro atoms. The second kappa shape index (κ2) is 24.1. The van der Waals surface area contributed by atoms with Gasteiger partial charge in [-0.1, -0.05) is 43.0 Å². The smallest absolute Gasteiger partial charge is 0.271 e. The van der Waals surface area contributed by atoms with Crippen molar-refractivity contribution in [3.63, 3.8) is 0 Å². The quantitative estimate of drug-likeness (QED) is 0.0469. The third-order valence-corrected chi connectivity index (χ3v) is 15.6. The molecule has 2 amide bonds. The Morgan fingerprint density at radius 3 is 1.92 bits per heavy atom. The van der Waals surface area contributed by atoms with E-state index in [1.807, 2.05) is 97.1 Å². The van der Waals surface area contributed by atoms with Crippen molar-refractivity contribution in [3.05, 3.63) is 139 Å². The fourth-order valence-electron chi connectivity index (χ4n) is 11.3. The lowest BCUT2D eigenvalue weighted by Gasteiger charge is -2.26. The second-order valence-electron chi connectivity index (χ2n) is 22.1. The van der Waals surface area contributed by atoms with Gasteiger partial charge in [0.05, 0.1) is 71.3 Å². The molecule has 0 radical (unpaired) electrons. The van der Waals surface area contributed by atoms with E-state index >= 15 is 0 Å². The molecule has 0 saturated heterocycles. The fourth-order valence-corrected chi connectivity index (χ4v) is 11.3. The predicted octanol–water partition coefficient (Wildman–Crippen LogP) is 9.58. The van der Waals surface area contributed by atoms with Crippen molar-refractivity contribution in [2.75, 3.05) is 108 Å². The van der Waals surface area contributed by atoms with Crippen molar-refractivity contribution >= 4 is 80.0 Å². The van der Waals surface area contributed by atoms with Crippen molar-refractivity contribution < 1.29 is 19.1 Å². The Labute approximate surface area is 489 Å². The van der Waals surface area contributed by atoms with Crippen molar-refractivity contribution in [1.29, 1.82) is 0 Å². The third-order valence-electron chi connectivity index (χ3n) is 15.6. The lowest BCUT2D eigenvalue weighted by molar-refractivity contribution is -0.118. The van der Waals surface area contributed by atoms with Gasteiger partial charge >= 0.3 is 0 Å². The normalized spacial score (nSPS) is 12.8. The number of anilines is 7. The van der Waals surface area contributed by atoms with Crippen molar-refractivity contribution in [2.24, 2.45) is 7.05 Å². The zero-order valence-corrected chi connectivity index (χ0v) is 49.2. The van der Waals surface area contributed by atoms with Crippen molar-refractivity contribution in [3.8, 4) is 45.1 Å². The molecule has 20 nitrogen and oxygen atoms in total. The van der Waals surface area contributed by atoms with E-state index in [-0.39, 0.29) is 5.70 Å². The molecule has 0 bridgehead atoms. The van der Waals surface area contributed by atoms with Gasteiger partial charge in [0, 0.05) is 154 Å². The highest BCUT2D eigenvalue weighted by Crippen LogP contribution is 2.42. The third kappa shape index (κ3) is 11.8. The number of aryl methyl sites for hydroxylation is 5. The van der Waals surface area contributed by atoms with E-state index < -0.39 is 11.8 Å². The summed E-state index contributed by atoms with van der Waals surface area (Å²) >= 11 is 0. The number of benzene rings is 4. The molecule has 0 atom stereocenters. The highest BCUT2D eigenvalue weighted by atomic mass is 16.5. The van der Waals surface area contributed by atoms with E-state index in [0.29, 0.717) is 64.8 Å². The molecular formula is C64H72N16O4. The van der Waals surface area contributed by atoms with Gasteiger partial charge < -0.3 is 59.5 Å². The molecule has 0 fully saturated rings. The number of likely N-dealkylation sites (N-methyl/N-ethyl adjacent to an activating group) is 4. The van der Waals surface area contributed by atoms with E-state index in [0.717, 1.165) is 102 Å². The summed E-state index contributed by atoms with van der Waals surface area (Å²) in [7, 11) is 17.1. The molecule has 4 N–H and O–H groups in total. The first-order valence-corrected chi connectivity index (χ1v) is 28.2. The number of hydrogen-bond acceptors (Lipinski definition) is 15. The number of nitrogens with zero attached hydrogens (tertiary/aromatic N) is 12. The van der Waals surface area contributed by atoms with Gasteiger partial charge in [0.25, 0.3) is 5.91 Å². The topological polar surface area (TPSA) is 193 Å². The number of rotatable bonds is 22. The summed E-state index contributed by atoms with van der Waals surface area (Å²) in [4.78, 5) is 56.2. The molecule has 0 unspecified atom stereocenters. The molecule has 0 aliphatic carbocycles. The van der Waals surface area contributed by atoms with Gasteiger partial charge in [-0.15, -0.1) is 0 Å². The predicted molar refractivity (Wildman–Crippen MR) is 336 cm³/mol. The van der Waals surface area contributed by atoms with E-state index in [1.54, 1.807) is 37.2 Å². The van der Waals surface area contributed by atoms with Gasteiger partial charge in [0.2, 0.25) is 17.8 Å². The van der Waals surface area contributed by atoms with Crippen LogP contribution in [0.1, 0.15) is 29.5 Å². The Morgan fingerprint density at radius 1 is 0.679 bits per heavy atom. The lowest BCUT2D eigenvalue weighted by atomic mass is 9.99. The SMILES string of the molecule is C=C(NC(=O)C=Cc1cc(Nc2ncc(-c3cnn(C)c3)c(-c3cn4c5c(cccc35)CCC4)n2)c(OC)cc1N(C)CCN(C)C)C(=O)Nc1cc(Nc2nccc(-c3cn4c5c(cccc35)CCC4)n2)c(OC)cc1N(C)CCN(C)C. The molecule has 20 heteroatoms. The van der Waals surface area contributed by atoms with E-state index in [1.165, 1.54) is 28.2 Å². The van der Waals surface area contributed by atoms with Crippen LogP contribution in [0.2, 0.25) is 0 Å². The maximum Gasteiger partial charge on any atom is 0.271 e. The van der Waals surface area contributed by atoms with Gasteiger partial charge in [-0.2, -0.15) is 5.10 Å². The molecule has 11 rings (SSSR count). The standard InChI is InChI=1S/C64H72N16O4/c1-40(62(82)69-51-32-53(57(84-10)34-55(51)77(7)30-28-75(4)5)72-63-65-24-23-50(70-63)48-38-79-25-13-17-41-15-11-19-45(48)60(41)79)68-58(81)22-21-43-31-52(56(83-9)33-54(43)76(6)29-27-74(2)3)71-64-66-36-47(44-35-67-78(8)37-44)59(73-64)49-39-80-26-14-18-42-16-12-20-46(49)61(42)80/h11-12,15-16,19-24,31-39H,1,13-14,17-18,25-30H2,2-10H3,(H,68,81)(H,69,82)(H,65,70,72)(H,66,71,73). The highest BCUT2D eigenvalue weighted by molar-refractivity contribution is 6.09. The van der Waals surface area contributed by atoms with Crippen LogP contribution < -0.4 is 40.5 Å². The highest BCUT2D eigenvalue weighted by Gasteiger charge is 2.25. The van der Waals surface area contributed by atoms with Gasteiger partial charge in [-0.25, -0.2) is 19.9 Å². The van der Waals surface area contributed by atoms with Gasteiger partial charge in [-0.3, -0.25) is 14.3 Å². The van der Waals surface area contributed by atoms with Crippen LogP contribution in [-0.4, -0.2) is 143 Å². The van der Waals surface area contributed by atoms with E-state index in [4.69, 9.17) is 24.4 Å². The first kappa shape index (κ1) is 56.3. The van der Waals surface area contributed by atoms with Gasteiger partial charge in [-0.05, 0) is 89.3 Å². The number of amides is 2. The number of aromatic nitrogens is 8. The summed E-state index contributed by atoms with van der Waals surface area (Å²) in [6.07, 6.45) is 19.1. The van der Waals surface area contributed by atoms with Crippen molar-refractivity contribution in [2.45, 2.75) is 38.8 Å². The average molecular weight is 1130 g/mol. The number of hydrogen-bond donors (Lipinski definition) is 4. The number of carbonyl (C=O) groups is 2. The molecule has 4 aromatic carbocycles. The number of methoxy groups -OCH3 is 2. The summed E-state index contributed by atoms with van der Waals surface area (Å²) in [6.45, 7) is 8.70. The zero-order valence-electron chi connectivity index (χ0n) is 49.2. The molecule has 2 aliphatic rings. The molecule has 84 heavy (non-hydrogen) atoms. The summed E-state index contributed by atoms with van der Waals surface area (Å²) in [5.41, 5.74) is 14.0. The van der Waals surface area contributed by atoms with Crippen LogP contribution in [0.3, 0.4) is 0 Å². The minimum atomic E-state index is -0.617. The van der Waals surface area contributed by atoms with E-state index in [2.05, 4.69) is 111 Å². The fraction of sp³-hybridized carbons (Fsp3) is 0.297. The van der Waals surface area contributed by atoms with Crippen LogP contribution in [0.15, 0.2) is 122 Å². The van der Waals surface area contributed by atoms with Crippen LogP contribution in [0, 0.1) is 0 Å². The zero-order chi connectivity index (χ0) is 58.8.